The Morgan fingerprint density at radius 2 is 1.89 bits per heavy atom. The van der Waals surface area contributed by atoms with Crippen molar-refractivity contribution in [2.75, 3.05) is 13.7 Å². The van der Waals surface area contributed by atoms with Crippen LogP contribution in [0.5, 0.6) is 11.5 Å². The highest BCUT2D eigenvalue weighted by Crippen LogP contribution is 2.30. The van der Waals surface area contributed by atoms with Crippen molar-refractivity contribution in [3.05, 3.63) is 59.7 Å². The van der Waals surface area contributed by atoms with E-state index in [2.05, 4.69) is 10.4 Å². The highest BCUT2D eigenvalue weighted by molar-refractivity contribution is 6.07. The Bertz CT molecular complexity index is 882. The molecular weight excluding hydrogens is 346 g/mol. The van der Waals surface area contributed by atoms with Crippen LogP contribution in [-0.2, 0) is 10.3 Å². The molecule has 0 spiro atoms. The van der Waals surface area contributed by atoms with Crippen molar-refractivity contribution in [1.29, 1.82) is 0 Å². The van der Waals surface area contributed by atoms with Crippen LogP contribution in [0.25, 0.3) is 0 Å². The van der Waals surface area contributed by atoms with Crippen LogP contribution in [0.3, 0.4) is 0 Å². The predicted molar refractivity (Wildman–Crippen MR) is 101 cm³/mol. The number of benzene rings is 2. The lowest BCUT2D eigenvalue weighted by Crippen LogP contribution is -2.40. The monoisotopic (exact) mass is 367 g/mol. The Morgan fingerprint density at radius 3 is 2.56 bits per heavy atom. The first-order valence-corrected chi connectivity index (χ1v) is 8.56. The fourth-order valence-corrected chi connectivity index (χ4v) is 2.86. The predicted octanol–water partition coefficient (Wildman–Crippen LogP) is 2.90. The Balaban J connectivity index is 1.84. The molecule has 0 unspecified atom stereocenters. The SMILES string of the molecule is CCOc1cc(/C=N\N2C(=O)N[C@@](C)(c3ccccc3)C2=O)ccc1OC. The van der Waals surface area contributed by atoms with Gasteiger partial charge >= 0.3 is 6.03 Å². The summed E-state index contributed by atoms with van der Waals surface area (Å²) in [5, 5.41) is 7.64. The van der Waals surface area contributed by atoms with Gasteiger partial charge in [0.25, 0.3) is 5.91 Å². The van der Waals surface area contributed by atoms with Gasteiger partial charge in [0.2, 0.25) is 0 Å². The van der Waals surface area contributed by atoms with Crippen LogP contribution < -0.4 is 14.8 Å². The molecule has 1 heterocycles. The van der Waals surface area contributed by atoms with E-state index in [1.54, 1.807) is 44.4 Å². The van der Waals surface area contributed by atoms with Gasteiger partial charge in [-0.25, -0.2) is 4.79 Å². The number of urea groups is 1. The summed E-state index contributed by atoms with van der Waals surface area (Å²) in [6, 6.07) is 13.8. The zero-order valence-corrected chi connectivity index (χ0v) is 15.4. The maximum Gasteiger partial charge on any atom is 0.346 e. The molecule has 0 aromatic heterocycles. The number of hydrogen-bond acceptors (Lipinski definition) is 5. The molecule has 0 bridgehead atoms. The molecule has 1 fully saturated rings. The van der Waals surface area contributed by atoms with Crippen molar-refractivity contribution in [2.45, 2.75) is 19.4 Å². The van der Waals surface area contributed by atoms with Gasteiger partial charge in [0.05, 0.1) is 19.9 Å². The van der Waals surface area contributed by atoms with E-state index >= 15 is 0 Å². The highest BCUT2D eigenvalue weighted by atomic mass is 16.5. The number of imide groups is 1. The third kappa shape index (κ3) is 3.48. The van der Waals surface area contributed by atoms with Gasteiger partial charge in [-0.15, -0.1) is 5.01 Å². The Hall–Kier alpha value is -3.35. The van der Waals surface area contributed by atoms with E-state index < -0.39 is 17.5 Å². The molecule has 0 aliphatic carbocycles. The van der Waals surface area contributed by atoms with Gasteiger partial charge in [0, 0.05) is 0 Å². The highest BCUT2D eigenvalue weighted by Gasteiger charge is 2.49. The lowest BCUT2D eigenvalue weighted by Gasteiger charge is -2.20. The molecule has 2 aromatic carbocycles. The number of carbonyl (C=O) groups is 2. The van der Waals surface area contributed by atoms with Crippen LogP contribution in [0.4, 0.5) is 4.79 Å². The van der Waals surface area contributed by atoms with E-state index in [0.717, 1.165) is 5.01 Å². The molecule has 3 amide bonds. The number of ether oxygens (including phenoxy) is 2. The Labute approximate surface area is 157 Å². The summed E-state index contributed by atoms with van der Waals surface area (Å²) in [5.74, 6) is 0.726. The van der Waals surface area contributed by atoms with E-state index in [4.69, 9.17) is 9.47 Å². The maximum atomic E-state index is 12.8. The summed E-state index contributed by atoms with van der Waals surface area (Å²) in [6.45, 7) is 4.02. The lowest BCUT2D eigenvalue weighted by atomic mass is 9.92. The number of nitrogens with zero attached hydrogens (tertiary/aromatic N) is 2. The van der Waals surface area contributed by atoms with E-state index in [-0.39, 0.29) is 0 Å². The van der Waals surface area contributed by atoms with Crippen molar-refractivity contribution in [2.24, 2.45) is 5.10 Å². The average molecular weight is 367 g/mol. The largest absolute Gasteiger partial charge is 0.493 e. The molecule has 7 heteroatoms. The van der Waals surface area contributed by atoms with Gasteiger partial charge < -0.3 is 14.8 Å². The van der Waals surface area contributed by atoms with E-state index in [1.807, 2.05) is 25.1 Å². The van der Waals surface area contributed by atoms with Crippen molar-refractivity contribution >= 4 is 18.2 Å². The summed E-state index contributed by atoms with van der Waals surface area (Å²) < 4.78 is 10.8. The normalized spacial score (nSPS) is 19.4. The molecular formula is C20H21N3O4. The van der Waals surface area contributed by atoms with E-state index in [0.29, 0.717) is 29.2 Å². The van der Waals surface area contributed by atoms with Crippen molar-refractivity contribution in [3.63, 3.8) is 0 Å². The van der Waals surface area contributed by atoms with Crippen LogP contribution in [0.15, 0.2) is 53.6 Å². The van der Waals surface area contributed by atoms with Crippen LogP contribution in [-0.4, -0.2) is 36.9 Å². The molecule has 2 aromatic rings. The van der Waals surface area contributed by atoms with Gasteiger partial charge in [-0.1, -0.05) is 30.3 Å². The molecule has 1 aliphatic heterocycles. The molecule has 1 saturated heterocycles. The van der Waals surface area contributed by atoms with Gasteiger partial charge in [-0.05, 0) is 43.2 Å². The number of hydrogen-bond donors (Lipinski definition) is 1. The fourth-order valence-electron chi connectivity index (χ4n) is 2.86. The number of rotatable bonds is 6. The van der Waals surface area contributed by atoms with Gasteiger partial charge in [0.15, 0.2) is 11.5 Å². The van der Waals surface area contributed by atoms with Gasteiger partial charge in [-0.2, -0.15) is 5.10 Å². The van der Waals surface area contributed by atoms with Crippen molar-refractivity contribution in [1.82, 2.24) is 10.3 Å². The molecule has 1 N–H and O–H groups in total. The minimum Gasteiger partial charge on any atom is -0.493 e. The average Bonchev–Trinajstić information content (AvgIpc) is 2.91. The van der Waals surface area contributed by atoms with Crippen LogP contribution in [0.2, 0.25) is 0 Å². The zero-order chi connectivity index (χ0) is 19.4. The van der Waals surface area contributed by atoms with Gasteiger partial charge in [-0.3, -0.25) is 4.79 Å². The topological polar surface area (TPSA) is 80.2 Å². The molecule has 7 nitrogen and oxygen atoms in total. The summed E-state index contributed by atoms with van der Waals surface area (Å²) >= 11 is 0. The standard InChI is InChI=1S/C20H21N3O4/c1-4-27-17-12-14(10-11-16(17)26-3)13-21-23-18(24)20(2,22-19(23)25)15-8-6-5-7-9-15/h5-13H,4H2,1-3H3,(H,22,25)/b21-13-/t20-/m0/s1. The van der Waals surface area contributed by atoms with E-state index in [9.17, 15) is 9.59 Å². The first kappa shape index (κ1) is 18.4. The van der Waals surface area contributed by atoms with Crippen molar-refractivity contribution in [3.8, 4) is 11.5 Å². The fraction of sp³-hybridized carbons (Fsp3) is 0.250. The third-order valence-corrected chi connectivity index (χ3v) is 4.33. The number of methoxy groups -OCH3 is 1. The van der Waals surface area contributed by atoms with Crippen LogP contribution >= 0.6 is 0 Å². The minimum absolute atomic E-state index is 0.437. The number of hydrazone groups is 1. The number of amides is 3. The second-order valence-corrected chi connectivity index (χ2v) is 6.13. The molecule has 0 radical (unpaired) electrons. The Morgan fingerprint density at radius 1 is 1.15 bits per heavy atom. The molecule has 0 saturated carbocycles. The summed E-state index contributed by atoms with van der Waals surface area (Å²) in [7, 11) is 1.56. The van der Waals surface area contributed by atoms with Crippen LogP contribution in [0.1, 0.15) is 25.0 Å². The van der Waals surface area contributed by atoms with Crippen LogP contribution in [0, 0.1) is 0 Å². The quantitative estimate of drug-likeness (QED) is 0.629. The second-order valence-electron chi connectivity index (χ2n) is 6.13. The molecule has 3 rings (SSSR count). The molecule has 1 aliphatic rings. The third-order valence-electron chi connectivity index (χ3n) is 4.33. The van der Waals surface area contributed by atoms with E-state index in [1.165, 1.54) is 6.21 Å². The smallest absolute Gasteiger partial charge is 0.346 e. The molecule has 140 valence electrons. The molecule has 1 atom stereocenters. The zero-order valence-electron chi connectivity index (χ0n) is 15.4. The lowest BCUT2D eigenvalue weighted by molar-refractivity contribution is -0.131. The summed E-state index contributed by atoms with van der Waals surface area (Å²) in [4.78, 5) is 25.1. The summed E-state index contributed by atoms with van der Waals surface area (Å²) in [6.07, 6.45) is 1.44. The van der Waals surface area contributed by atoms with Crippen molar-refractivity contribution < 1.29 is 19.1 Å². The second kappa shape index (κ2) is 7.49. The first-order valence-electron chi connectivity index (χ1n) is 8.56. The Kier molecular flexibility index (Phi) is 5.12. The molecule has 27 heavy (non-hydrogen) atoms. The maximum absolute atomic E-state index is 12.8. The van der Waals surface area contributed by atoms with Gasteiger partial charge in [0.1, 0.15) is 5.54 Å². The number of carbonyl (C=O) groups excluding carboxylic acids is 2. The minimum atomic E-state index is -1.15. The first-order chi connectivity index (χ1) is 13.0. The number of nitrogens with one attached hydrogen (secondary N) is 1. The summed E-state index contributed by atoms with van der Waals surface area (Å²) in [5.41, 5.74) is 0.226.